The molecule has 0 aliphatic carbocycles. The highest BCUT2D eigenvalue weighted by molar-refractivity contribution is 6.28. The molecule has 0 amide bonds. The lowest BCUT2D eigenvalue weighted by Crippen LogP contribution is -2.01. The monoisotopic (exact) mass is 115 g/mol. The molecule has 0 rings (SSSR count). The van der Waals surface area contributed by atoms with Gasteiger partial charge < -0.3 is 4.74 Å². The Labute approximate surface area is 47.6 Å². The zero-order valence-electron chi connectivity index (χ0n) is 4.59. The van der Waals surface area contributed by atoms with Crippen molar-refractivity contribution >= 4 is 12.1 Å². The summed E-state index contributed by atoms with van der Waals surface area (Å²) in [6.07, 6.45) is 0.204. The molecule has 0 spiro atoms. The van der Waals surface area contributed by atoms with E-state index < -0.39 is 5.78 Å². The molecule has 0 atom stereocenters. The van der Waals surface area contributed by atoms with Crippen LogP contribution in [0.5, 0.6) is 0 Å². The van der Waals surface area contributed by atoms with Gasteiger partial charge in [0, 0.05) is 6.61 Å². The van der Waals surface area contributed by atoms with E-state index in [1.54, 1.807) is 6.92 Å². The predicted octanol–water partition coefficient (Wildman–Crippen LogP) is -0.0473. The van der Waals surface area contributed by atoms with Gasteiger partial charge in [0.2, 0.25) is 5.78 Å². The summed E-state index contributed by atoms with van der Waals surface area (Å²) in [5.41, 5.74) is 0. The van der Waals surface area contributed by atoms with Gasteiger partial charge in [0.25, 0.3) is 0 Å². The second kappa shape index (κ2) is 4.46. The maximum Gasteiger partial charge on any atom is 0.226 e. The molecule has 0 N–H and O–H groups in total. The van der Waals surface area contributed by atoms with Crippen molar-refractivity contribution in [1.82, 2.24) is 0 Å². The smallest absolute Gasteiger partial charge is 0.226 e. The summed E-state index contributed by atoms with van der Waals surface area (Å²) < 4.78 is 4.48. The van der Waals surface area contributed by atoms with Crippen LogP contribution in [-0.4, -0.2) is 18.7 Å². The van der Waals surface area contributed by atoms with Crippen molar-refractivity contribution in [3.8, 4) is 0 Å². The van der Waals surface area contributed by atoms with Crippen LogP contribution in [0.2, 0.25) is 0 Å². The van der Waals surface area contributed by atoms with Crippen LogP contribution in [0, 0.1) is 6.61 Å². The van der Waals surface area contributed by atoms with Gasteiger partial charge in [0.15, 0.2) is 12.9 Å². The van der Waals surface area contributed by atoms with E-state index in [9.17, 15) is 9.59 Å². The first kappa shape index (κ1) is 7.30. The standard InChI is InChI=1S/C5H7O3/c1-2-8-4-5(7)3-6/h3-4H,2H2,1H3. The van der Waals surface area contributed by atoms with Crippen LogP contribution in [0.15, 0.2) is 0 Å². The Morgan fingerprint density at radius 1 is 1.75 bits per heavy atom. The van der Waals surface area contributed by atoms with Gasteiger partial charge >= 0.3 is 0 Å². The molecule has 8 heavy (non-hydrogen) atoms. The predicted molar refractivity (Wildman–Crippen MR) is 27.0 cm³/mol. The Kier molecular flexibility index (Phi) is 4.07. The third-order valence-corrected chi connectivity index (χ3v) is 0.482. The van der Waals surface area contributed by atoms with E-state index >= 15 is 0 Å². The normalized spacial score (nSPS) is 8.62. The minimum Gasteiger partial charge on any atom is -0.367 e. The van der Waals surface area contributed by atoms with Crippen molar-refractivity contribution in [2.75, 3.05) is 6.61 Å². The van der Waals surface area contributed by atoms with Gasteiger partial charge in [-0.3, -0.25) is 9.59 Å². The molecular formula is C5H7O3. The van der Waals surface area contributed by atoms with Crippen molar-refractivity contribution in [3.05, 3.63) is 6.61 Å². The summed E-state index contributed by atoms with van der Waals surface area (Å²) in [6.45, 7) is 3.04. The molecular weight excluding hydrogens is 108 g/mol. The molecule has 0 aliphatic heterocycles. The van der Waals surface area contributed by atoms with Crippen molar-refractivity contribution in [3.63, 3.8) is 0 Å². The molecule has 0 aromatic rings. The van der Waals surface area contributed by atoms with E-state index in [2.05, 4.69) is 4.74 Å². The van der Waals surface area contributed by atoms with Crippen LogP contribution >= 0.6 is 0 Å². The zero-order chi connectivity index (χ0) is 6.41. The summed E-state index contributed by atoms with van der Waals surface area (Å²) in [7, 11) is 0. The lowest BCUT2D eigenvalue weighted by molar-refractivity contribution is -0.130. The molecule has 0 saturated carbocycles. The van der Waals surface area contributed by atoms with Crippen LogP contribution in [0.3, 0.4) is 0 Å². The Morgan fingerprint density at radius 3 is 2.75 bits per heavy atom. The van der Waals surface area contributed by atoms with Gasteiger partial charge in [-0.05, 0) is 6.92 Å². The van der Waals surface area contributed by atoms with Crippen molar-refractivity contribution in [2.24, 2.45) is 0 Å². The second-order valence-electron chi connectivity index (χ2n) is 1.09. The number of rotatable bonds is 4. The highest BCUT2D eigenvalue weighted by atomic mass is 16.5. The quantitative estimate of drug-likeness (QED) is 0.381. The molecule has 45 valence electrons. The van der Waals surface area contributed by atoms with E-state index in [0.717, 1.165) is 6.61 Å². The number of carbonyl (C=O) groups excluding carboxylic acids is 2. The SMILES string of the molecule is CCO[CH]C(=O)C=O. The summed E-state index contributed by atoms with van der Waals surface area (Å²) in [6, 6.07) is 0. The highest BCUT2D eigenvalue weighted by Crippen LogP contribution is 1.78. The number of ether oxygens (including phenoxy) is 1. The van der Waals surface area contributed by atoms with Crippen molar-refractivity contribution in [1.29, 1.82) is 0 Å². The lowest BCUT2D eigenvalue weighted by Gasteiger charge is -1.89. The van der Waals surface area contributed by atoms with Crippen molar-refractivity contribution < 1.29 is 14.3 Å². The van der Waals surface area contributed by atoms with Crippen LogP contribution in [0.25, 0.3) is 0 Å². The topological polar surface area (TPSA) is 43.4 Å². The molecule has 3 nitrogen and oxygen atoms in total. The van der Waals surface area contributed by atoms with Crippen molar-refractivity contribution in [2.45, 2.75) is 6.92 Å². The largest absolute Gasteiger partial charge is 0.367 e. The van der Waals surface area contributed by atoms with Gasteiger partial charge in [-0.25, -0.2) is 0 Å². The Bertz CT molecular complexity index is 87.7. The van der Waals surface area contributed by atoms with E-state index in [4.69, 9.17) is 0 Å². The van der Waals surface area contributed by atoms with Gasteiger partial charge in [-0.1, -0.05) is 0 Å². The Balaban J connectivity index is 3.11. The van der Waals surface area contributed by atoms with Gasteiger partial charge in [0.1, 0.15) is 0 Å². The van der Waals surface area contributed by atoms with Gasteiger partial charge in [-0.2, -0.15) is 0 Å². The minimum absolute atomic E-state index is 0.204. The highest BCUT2D eigenvalue weighted by Gasteiger charge is 1.95. The number of hydrogen-bond acceptors (Lipinski definition) is 3. The fraction of sp³-hybridized carbons (Fsp3) is 0.400. The average Bonchev–Trinajstić information content (AvgIpc) is 1.83. The zero-order valence-corrected chi connectivity index (χ0v) is 4.59. The average molecular weight is 115 g/mol. The molecule has 0 aromatic carbocycles. The summed E-state index contributed by atoms with van der Waals surface area (Å²) in [5, 5.41) is 0. The molecule has 1 radical (unpaired) electrons. The molecule has 0 bridgehead atoms. The maximum atomic E-state index is 10.0. The molecule has 0 aromatic heterocycles. The molecule has 0 aliphatic rings. The van der Waals surface area contributed by atoms with Gasteiger partial charge in [0.05, 0.1) is 0 Å². The molecule has 3 heteroatoms. The minimum atomic E-state index is -0.633. The first-order valence-electron chi connectivity index (χ1n) is 2.25. The van der Waals surface area contributed by atoms with Crippen LogP contribution in [0.4, 0.5) is 0 Å². The van der Waals surface area contributed by atoms with Crippen LogP contribution < -0.4 is 0 Å². The number of aldehydes is 1. The van der Waals surface area contributed by atoms with E-state index in [-0.39, 0.29) is 6.29 Å². The third-order valence-electron chi connectivity index (χ3n) is 0.482. The summed E-state index contributed by atoms with van der Waals surface area (Å²) >= 11 is 0. The van der Waals surface area contributed by atoms with E-state index in [1.165, 1.54) is 0 Å². The molecule has 0 saturated heterocycles. The maximum absolute atomic E-state index is 10.0. The number of Topliss-reactive ketones (excluding diaryl/α,β-unsaturated/α-hetero) is 1. The first-order valence-corrected chi connectivity index (χ1v) is 2.25. The first-order chi connectivity index (χ1) is 3.81. The van der Waals surface area contributed by atoms with E-state index in [1.807, 2.05) is 0 Å². The Morgan fingerprint density at radius 2 is 2.38 bits per heavy atom. The molecule has 0 unspecified atom stereocenters. The third kappa shape index (κ3) is 3.49. The number of ketones is 1. The lowest BCUT2D eigenvalue weighted by atomic mass is 10.5. The fourth-order valence-electron chi connectivity index (χ4n) is 0.193. The fourth-order valence-corrected chi connectivity index (χ4v) is 0.193. The molecule has 0 fully saturated rings. The Hall–Kier alpha value is -0.700. The van der Waals surface area contributed by atoms with Crippen LogP contribution in [0.1, 0.15) is 6.92 Å². The van der Waals surface area contributed by atoms with E-state index in [0.29, 0.717) is 6.61 Å². The van der Waals surface area contributed by atoms with Gasteiger partial charge in [-0.15, -0.1) is 0 Å². The number of hydrogen-bond donors (Lipinski definition) is 0. The summed E-state index contributed by atoms with van der Waals surface area (Å²) in [4.78, 5) is 19.6. The van der Waals surface area contributed by atoms with Crippen LogP contribution in [-0.2, 0) is 14.3 Å². The number of carbonyl (C=O) groups is 2. The molecule has 0 heterocycles. The second-order valence-corrected chi connectivity index (χ2v) is 1.09. The summed E-state index contributed by atoms with van der Waals surface area (Å²) in [5.74, 6) is -0.633.